The smallest absolute Gasteiger partial charge is 0.127 e. The van der Waals surface area contributed by atoms with Crippen LogP contribution in [0.5, 0.6) is 0 Å². The molecule has 0 aromatic heterocycles. The molecule has 0 spiro atoms. The summed E-state index contributed by atoms with van der Waals surface area (Å²) in [5, 5.41) is 0. The second-order valence-corrected chi connectivity index (χ2v) is 4.59. The maximum atomic E-state index is 10.9. The topological polar surface area (TPSA) is 20.3 Å². The van der Waals surface area contributed by atoms with E-state index in [4.69, 9.17) is 0 Å². The van der Waals surface area contributed by atoms with Gasteiger partial charge in [0.05, 0.1) is 0 Å². The second kappa shape index (κ2) is 4.23. The van der Waals surface area contributed by atoms with E-state index in [1.54, 1.807) is 0 Å². The molecule has 1 aliphatic rings. The van der Waals surface area contributed by atoms with Gasteiger partial charge in [0.2, 0.25) is 0 Å². The quantitative estimate of drug-likeness (QED) is 0.622. The van der Waals surface area contributed by atoms with Crippen molar-refractivity contribution in [3.05, 3.63) is 0 Å². The summed E-state index contributed by atoms with van der Waals surface area (Å²) < 4.78 is 0. The van der Waals surface area contributed by atoms with Crippen molar-refractivity contribution in [3.63, 3.8) is 0 Å². The molecule has 0 saturated carbocycles. The fourth-order valence-corrected chi connectivity index (χ4v) is 1.92. The first-order chi connectivity index (χ1) is 6.11. The lowest BCUT2D eigenvalue weighted by molar-refractivity contribution is -0.116. The molecule has 1 saturated heterocycles. The van der Waals surface area contributed by atoms with Crippen LogP contribution in [0.25, 0.3) is 0 Å². The van der Waals surface area contributed by atoms with Gasteiger partial charge in [0, 0.05) is 18.0 Å². The number of nitrogens with zero attached hydrogens (tertiary/aromatic N) is 1. The highest BCUT2D eigenvalue weighted by Gasteiger charge is 2.29. The van der Waals surface area contributed by atoms with Crippen molar-refractivity contribution in [2.24, 2.45) is 5.41 Å². The van der Waals surface area contributed by atoms with Gasteiger partial charge in [0.1, 0.15) is 6.29 Å². The van der Waals surface area contributed by atoms with Gasteiger partial charge in [-0.1, -0.05) is 13.8 Å². The molecule has 0 aromatic rings. The fraction of sp³-hybridized carbons (Fsp3) is 0.909. The summed E-state index contributed by atoms with van der Waals surface area (Å²) >= 11 is 0. The van der Waals surface area contributed by atoms with Gasteiger partial charge in [-0.3, -0.25) is 4.90 Å². The predicted octanol–water partition coefficient (Wildman–Crippen LogP) is 2.09. The van der Waals surface area contributed by atoms with Crippen molar-refractivity contribution in [1.82, 2.24) is 4.90 Å². The van der Waals surface area contributed by atoms with E-state index in [-0.39, 0.29) is 5.41 Å². The Labute approximate surface area is 81.3 Å². The maximum Gasteiger partial charge on any atom is 0.127 e. The summed E-state index contributed by atoms with van der Waals surface area (Å²) in [6.45, 7) is 8.52. The van der Waals surface area contributed by atoms with Gasteiger partial charge in [-0.15, -0.1) is 0 Å². The lowest BCUT2D eigenvalue weighted by Gasteiger charge is -2.30. The summed E-state index contributed by atoms with van der Waals surface area (Å²) in [4.78, 5) is 13.4. The van der Waals surface area contributed by atoms with E-state index in [1.165, 1.54) is 19.4 Å². The molecule has 2 heteroatoms. The van der Waals surface area contributed by atoms with Crippen LogP contribution in [0.2, 0.25) is 0 Å². The van der Waals surface area contributed by atoms with Crippen LogP contribution in [-0.2, 0) is 4.79 Å². The van der Waals surface area contributed by atoms with Crippen LogP contribution in [0.3, 0.4) is 0 Å². The van der Waals surface area contributed by atoms with E-state index in [9.17, 15) is 4.79 Å². The summed E-state index contributed by atoms with van der Waals surface area (Å²) in [5.74, 6) is 0. The Morgan fingerprint density at radius 1 is 1.62 bits per heavy atom. The first kappa shape index (κ1) is 10.7. The molecule has 2 nitrogen and oxygen atoms in total. The Hall–Kier alpha value is -0.370. The molecule has 0 aromatic carbocycles. The Morgan fingerprint density at radius 3 is 2.69 bits per heavy atom. The highest BCUT2D eigenvalue weighted by molar-refractivity contribution is 5.58. The summed E-state index contributed by atoms with van der Waals surface area (Å²) in [6.07, 6.45) is 4.65. The minimum atomic E-state index is -0.126. The van der Waals surface area contributed by atoms with Crippen LogP contribution in [0.15, 0.2) is 0 Å². The average Bonchev–Trinajstić information content (AvgIpc) is 2.52. The van der Waals surface area contributed by atoms with E-state index in [1.807, 2.05) is 0 Å². The Morgan fingerprint density at radius 2 is 2.31 bits per heavy atom. The van der Waals surface area contributed by atoms with Crippen LogP contribution < -0.4 is 0 Å². The van der Waals surface area contributed by atoms with Crippen LogP contribution in [0, 0.1) is 5.41 Å². The van der Waals surface area contributed by atoms with Gasteiger partial charge in [-0.05, 0) is 32.7 Å². The minimum absolute atomic E-state index is 0.126. The third-order valence-corrected chi connectivity index (χ3v) is 3.35. The number of aldehydes is 1. The predicted molar refractivity (Wildman–Crippen MR) is 54.7 cm³/mol. The number of likely N-dealkylation sites (tertiary alicyclic amines) is 1. The van der Waals surface area contributed by atoms with E-state index in [2.05, 4.69) is 25.7 Å². The Kier molecular flexibility index (Phi) is 3.48. The second-order valence-electron chi connectivity index (χ2n) is 4.59. The number of carbonyl (C=O) groups is 1. The van der Waals surface area contributed by atoms with Crippen molar-refractivity contribution in [3.8, 4) is 0 Å². The molecule has 0 amide bonds. The first-order valence-electron chi connectivity index (χ1n) is 5.31. The number of rotatable bonds is 4. The SMILES string of the molecule is CCC(C)(C=O)CN1CCCC1C. The van der Waals surface area contributed by atoms with Gasteiger partial charge in [-0.2, -0.15) is 0 Å². The molecule has 0 radical (unpaired) electrons. The lowest BCUT2D eigenvalue weighted by atomic mass is 9.89. The average molecular weight is 183 g/mol. The molecule has 1 aliphatic heterocycles. The van der Waals surface area contributed by atoms with E-state index in [0.29, 0.717) is 6.04 Å². The molecule has 1 rings (SSSR count). The van der Waals surface area contributed by atoms with Gasteiger partial charge < -0.3 is 4.79 Å². The lowest BCUT2D eigenvalue weighted by Crippen LogP contribution is -2.38. The normalized spacial score (nSPS) is 28.7. The van der Waals surface area contributed by atoms with Gasteiger partial charge in [0.25, 0.3) is 0 Å². The number of hydrogen-bond donors (Lipinski definition) is 0. The van der Waals surface area contributed by atoms with Crippen LogP contribution in [0.4, 0.5) is 0 Å². The van der Waals surface area contributed by atoms with Crippen LogP contribution >= 0.6 is 0 Å². The third kappa shape index (κ3) is 2.53. The van der Waals surface area contributed by atoms with Crippen molar-refractivity contribution in [2.75, 3.05) is 13.1 Å². The summed E-state index contributed by atoms with van der Waals surface area (Å²) in [6, 6.07) is 0.672. The van der Waals surface area contributed by atoms with E-state index >= 15 is 0 Å². The van der Waals surface area contributed by atoms with Gasteiger partial charge >= 0.3 is 0 Å². The molecule has 13 heavy (non-hydrogen) atoms. The zero-order valence-electron chi connectivity index (χ0n) is 9.05. The number of carbonyl (C=O) groups excluding carboxylic acids is 1. The fourth-order valence-electron chi connectivity index (χ4n) is 1.92. The molecule has 2 unspecified atom stereocenters. The molecule has 2 atom stereocenters. The van der Waals surface area contributed by atoms with Gasteiger partial charge in [-0.25, -0.2) is 0 Å². The molecule has 1 fully saturated rings. The largest absolute Gasteiger partial charge is 0.303 e. The first-order valence-corrected chi connectivity index (χ1v) is 5.31. The maximum absolute atomic E-state index is 10.9. The summed E-state index contributed by atoms with van der Waals surface area (Å²) in [7, 11) is 0. The van der Waals surface area contributed by atoms with Crippen molar-refractivity contribution in [1.29, 1.82) is 0 Å². The molecule has 1 heterocycles. The zero-order valence-corrected chi connectivity index (χ0v) is 9.05. The molecule has 0 aliphatic carbocycles. The minimum Gasteiger partial charge on any atom is -0.303 e. The molecule has 76 valence electrons. The van der Waals surface area contributed by atoms with Crippen molar-refractivity contribution in [2.45, 2.75) is 46.1 Å². The van der Waals surface area contributed by atoms with E-state index in [0.717, 1.165) is 19.3 Å². The molecule has 0 bridgehead atoms. The molecule has 0 N–H and O–H groups in total. The highest BCUT2D eigenvalue weighted by atomic mass is 16.1. The zero-order chi connectivity index (χ0) is 9.90. The molecular weight excluding hydrogens is 162 g/mol. The Bertz CT molecular complexity index is 181. The Balaban J connectivity index is 2.50. The summed E-state index contributed by atoms with van der Waals surface area (Å²) in [5.41, 5.74) is -0.126. The van der Waals surface area contributed by atoms with Crippen LogP contribution in [-0.4, -0.2) is 30.3 Å². The highest BCUT2D eigenvalue weighted by Crippen LogP contribution is 2.25. The molecular formula is C11H21NO. The van der Waals surface area contributed by atoms with Gasteiger partial charge in [0.15, 0.2) is 0 Å². The van der Waals surface area contributed by atoms with Crippen LogP contribution in [0.1, 0.15) is 40.0 Å². The third-order valence-electron chi connectivity index (χ3n) is 3.35. The monoisotopic (exact) mass is 183 g/mol. The van der Waals surface area contributed by atoms with E-state index < -0.39 is 0 Å². The standard InChI is InChI=1S/C11H21NO/c1-4-11(3,9-13)8-12-7-5-6-10(12)2/h9-10H,4-8H2,1-3H3. The van der Waals surface area contributed by atoms with Crippen molar-refractivity contribution < 1.29 is 4.79 Å². The van der Waals surface area contributed by atoms with Crippen molar-refractivity contribution >= 4 is 6.29 Å². The number of hydrogen-bond acceptors (Lipinski definition) is 2.